The molecule has 0 radical (unpaired) electrons. The lowest BCUT2D eigenvalue weighted by atomic mass is 9.84. The van der Waals surface area contributed by atoms with Gasteiger partial charge < -0.3 is 15.3 Å². The third-order valence-corrected chi connectivity index (χ3v) is 2.22. The first kappa shape index (κ1) is 8.14. The van der Waals surface area contributed by atoms with Crippen molar-refractivity contribution in [2.24, 2.45) is 5.92 Å². The van der Waals surface area contributed by atoms with Crippen molar-refractivity contribution in [2.45, 2.75) is 19.4 Å². The molecule has 3 N–H and O–H groups in total. The maximum absolute atomic E-state index is 9.56. The summed E-state index contributed by atoms with van der Waals surface area (Å²) in [5.41, 5.74) is -1.33. The molecule has 0 aromatic rings. The summed E-state index contributed by atoms with van der Waals surface area (Å²) in [6.45, 7) is 3.11. The monoisotopic (exact) mass is 156 g/mol. The molecular weight excluding hydrogens is 144 g/mol. The highest BCUT2D eigenvalue weighted by Crippen LogP contribution is 2.31. The molecule has 3 heteroatoms. The van der Waals surface area contributed by atoms with Crippen LogP contribution in [0.1, 0.15) is 13.8 Å². The van der Waals surface area contributed by atoms with E-state index in [1.165, 1.54) is 19.1 Å². The van der Waals surface area contributed by atoms with Gasteiger partial charge in [0.2, 0.25) is 0 Å². The molecule has 0 aromatic carbocycles. The van der Waals surface area contributed by atoms with E-state index < -0.39 is 11.5 Å². The number of aliphatic hydroxyl groups is 3. The Balaban J connectivity index is 3.03. The Labute approximate surface area is 65.3 Å². The predicted octanol–water partition coefficient (Wildman–Crippen LogP) is 1.27. The molecular formula is C8H12O3. The van der Waals surface area contributed by atoms with Gasteiger partial charge in [0.1, 0.15) is 11.4 Å². The van der Waals surface area contributed by atoms with Crippen LogP contribution >= 0.6 is 0 Å². The zero-order valence-corrected chi connectivity index (χ0v) is 6.57. The molecule has 11 heavy (non-hydrogen) atoms. The number of aliphatic hydroxyl groups excluding tert-OH is 2. The number of hydrogen-bond donors (Lipinski definition) is 3. The zero-order chi connectivity index (χ0) is 8.65. The Morgan fingerprint density at radius 2 is 1.91 bits per heavy atom. The molecule has 0 heterocycles. The fourth-order valence-corrected chi connectivity index (χ4v) is 0.987. The van der Waals surface area contributed by atoms with Gasteiger partial charge in [-0.25, -0.2) is 0 Å². The van der Waals surface area contributed by atoms with E-state index in [4.69, 9.17) is 0 Å². The van der Waals surface area contributed by atoms with Crippen molar-refractivity contribution in [3.63, 3.8) is 0 Å². The number of hydrogen-bond acceptors (Lipinski definition) is 3. The molecule has 0 spiro atoms. The van der Waals surface area contributed by atoms with Gasteiger partial charge >= 0.3 is 0 Å². The van der Waals surface area contributed by atoms with E-state index in [0.29, 0.717) is 0 Å². The first-order valence-corrected chi connectivity index (χ1v) is 3.49. The summed E-state index contributed by atoms with van der Waals surface area (Å²) < 4.78 is 0. The summed E-state index contributed by atoms with van der Waals surface area (Å²) in [7, 11) is 0. The van der Waals surface area contributed by atoms with Crippen molar-refractivity contribution in [2.75, 3.05) is 0 Å². The molecule has 0 fully saturated rings. The first-order valence-electron chi connectivity index (χ1n) is 3.49. The van der Waals surface area contributed by atoms with Gasteiger partial charge in [-0.15, -0.1) is 0 Å². The average Bonchev–Trinajstić information content (AvgIpc) is 1.95. The van der Waals surface area contributed by atoms with Gasteiger partial charge in [0.25, 0.3) is 0 Å². The van der Waals surface area contributed by atoms with Crippen molar-refractivity contribution >= 4 is 0 Å². The van der Waals surface area contributed by atoms with Gasteiger partial charge in [0.15, 0.2) is 0 Å². The molecule has 0 saturated heterocycles. The van der Waals surface area contributed by atoms with Crippen LogP contribution in [0.4, 0.5) is 0 Å². The fourth-order valence-electron chi connectivity index (χ4n) is 0.987. The molecule has 1 rings (SSSR count). The third-order valence-electron chi connectivity index (χ3n) is 2.22. The maximum atomic E-state index is 9.56. The molecule has 1 aliphatic carbocycles. The highest BCUT2D eigenvalue weighted by molar-refractivity contribution is 5.26. The van der Waals surface area contributed by atoms with Crippen LogP contribution in [0, 0.1) is 5.92 Å². The van der Waals surface area contributed by atoms with E-state index in [0.717, 1.165) is 0 Å². The molecule has 62 valence electrons. The Bertz CT molecular complexity index is 225. The van der Waals surface area contributed by atoms with Crippen molar-refractivity contribution in [3.05, 3.63) is 23.7 Å². The van der Waals surface area contributed by atoms with Crippen LogP contribution in [-0.4, -0.2) is 20.9 Å². The molecule has 0 amide bonds. The minimum absolute atomic E-state index is 0.0906. The molecule has 2 unspecified atom stereocenters. The predicted molar refractivity (Wildman–Crippen MR) is 41.2 cm³/mol. The maximum Gasteiger partial charge on any atom is 0.128 e. The minimum atomic E-state index is -1.33. The van der Waals surface area contributed by atoms with Crippen molar-refractivity contribution in [3.8, 4) is 0 Å². The van der Waals surface area contributed by atoms with Crippen molar-refractivity contribution in [1.29, 1.82) is 0 Å². The molecule has 0 aliphatic heterocycles. The van der Waals surface area contributed by atoms with Crippen molar-refractivity contribution < 1.29 is 15.3 Å². The fraction of sp³-hybridized carbons (Fsp3) is 0.500. The van der Waals surface area contributed by atoms with Crippen molar-refractivity contribution in [1.82, 2.24) is 0 Å². The number of allylic oxidation sites excluding steroid dienone is 2. The van der Waals surface area contributed by atoms with Crippen LogP contribution < -0.4 is 0 Å². The Hall–Kier alpha value is -0.960. The average molecular weight is 156 g/mol. The summed E-state index contributed by atoms with van der Waals surface area (Å²) in [5.74, 6) is -0.469. The first-order chi connectivity index (χ1) is 4.96. The highest BCUT2D eigenvalue weighted by atomic mass is 16.3. The summed E-state index contributed by atoms with van der Waals surface area (Å²) in [6.07, 6.45) is 2.69. The van der Waals surface area contributed by atoms with E-state index in [1.807, 2.05) is 0 Å². The molecule has 0 aromatic heterocycles. The van der Waals surface area contributed by atoms with E-state index in [-0.39, 0.29) is 11.5 Å². The van der Waals surface area contributed by atoms with Crippen LogP contribution in [-0.2, 0) is 0 Å². The van der Waals surface area contributed by atoms with E-state index in [9.17, 15) is 15.3 Å². The van der Waals surface area contributed by atoms with Gasteiger partial charge in [-0.1, -0.05) is 6.92 Å². The lowest BCUT2D eigenvalue weighted by molar-refractivity contribution is 0.00118. The van der Waals surface area contributed by atoms with Crippen LogP contribution in [0.2, 0.25) is 0 Å². The van der Waals surface area contributed by atoms with E-state index in [2.05, 4.69) is 0 Å². The second-order valence-corrected chi connectivity index (χ2v) is 3.01. The normalized spacial score (nSPS) is 37.9. The quantitative estimate of drug-likeness (QED) is 0.495. The smallest absolute Gasteiger partial charge is 0.128 e. The molecule has 0 bridgehead atoms. The summed E-state index contributed by atoms with van der Waals surface area (Å²) in [4.78, 5) is 0. The van der Waals surface area contributed by atoms with Crippen LogP contribution in [0.25, 0.3) is 0 Å². The topological polar surface area (TPSA) is 60.7 Å². The van der Waals surface area contributed by atoms with Gasteiger partial charge in [-0.3, -0.25) is 0 Å². The number of rotatable bonds is 0. The van der Waals surface area contributed by atoms with E-state index >= 15 is 0 Å². The zero-order valence-electron chi connectivity index (χ0n) is 6.57. The van der Waals surface area contributed by atoms with Gasteiger partial charge in [-0.05, 0) is 19.1 Å². The summed E-state index contributed by atoms with van der Waals surface area (Å²) in [5, 5.41) is 27.9. The second kappa shape index (κ2) is 2.27. The lowest BCUT2D eigenvalue weighted by Crippen LogP contribution is -2.37. The third kappa shape index (κ3) is 1.12. The highest BCUT2D eigenvalue weighted by Gasteiger charge is 2.37. The summed E-state index contributed by atoms with van der Waals surface area (Å²) in [6, 6.07) is 0. The molecule has 3 nitrogen and oxygen atoms in total. The van der Waals surface area contributed by atoms with Crippen LogP contribution in [0.3, 0.4) is 0 Å². The van der Waals surface area contributed by atoms with E-state index in [1.54, 1.807) is 6.92 Å². The van der Waals surface area contributed by atoms with Gasteiger partial charge in [0, 0.05) is 5.92 Å². The Morgan fingerprint density at radius 1 is 1.36 bits per heavy atom. The van der Waals surface area contributed by atoms with Crippen LogP contribution in [0.15, 0.2) is 23.7 Å². The molecule has 2 atom stereocenters. The molecule has 0 saturated carbocycles. The minimum Gasteiger partial charge on any atom is -0.512 e. The largest absolute Gasteiger partial charge is 0.512 e. The Kier molecular flexibility index (Phi) is 1.68. The Morgan fingerprint density at radius 3 is 2.36 bits per heavy atom. The molecule has 1 aliphatic rings. The van der Waals surface area contributed by atoms with Gasteiger partial charge in [-0.2, -0.15) is 0 Å². The van der Waals surface area contributed by atoms with Crippen LogP contribution in [0.5, 0.6) is 0 Å². The standard InChI is InChI=1S/C8H12O3/c1-5-6(9)3-4-7(10)8(5,2)11/h3-5,9-11H,1-2H3. The SMILES string of the molecule is CC1C(O)=CC=C(O)C1(C)O. The second-order valence-electron chi connectivity index (χ2n) is 3.01. The lowest BCUT2D eigenvalue weighted by Gasteiger charge is -2.31. The summed E-state index contributed by atoms with van der Waals surface area (Å²) >= 11 is 0. The van der Waals surface area contributed by atoms with Gasteiger partial charge in [0.05, 0.1) is 5.76 Å².